The van der Waals surface area contributed by atoms with Crippen molar-refractivity contribution < 1.29 is 4.42 Å². The maximum atomic E-state index is 5.46. The predicted octanol–water partition coefficient (Wildman–Crippen LogP) is 5.13. The lowest BCUT2D eigenvalue weighted by molar-refractivity contribution is 0.582. The van der Waals surface area contributed by atoms with Crippen LogP contribution in [0.25, 0.3) is 33.2 Å². The molecule has 0 aliphatic heterocycles. The summed E-state index contributed by atoms with van der Waals surface area (Å²) in [5.74, 6) is 0.868. The molecule has 3 nitrogen and oxygen atoms in total. The summed E-state index contributed by atoms with van der Waals surface area (Å²) in [5.41, 5.74) is 4.22. The third kappa shape index (κ3) is 2.44. The second-order valence-electron chi connectivity index (χ2n) is 4.83. The maximum Gasteiger partial charge on any atom is 0.133 e. The van der Waals surface area contributed by atoms with E-state index in [1.54, 1.807) is 30.0 Å². The topological polar surface area (TPSA) is 38.9 Å². The Morgan fingerprint density at radius 2 is 1.73 bits per heavy atom. The van der Waals surface area contributed by atoms with Gasteiger partial charge < -0.3 is 4.42 Å². The van der Waals surface area contributed by atoms with E-state index < -0.39 is 0 Å². The molecule has 0 unspecified atom stereocenters. The summed E-state index contributed by atoms with van der Waals surface area (Å²) in [6.45, 7) is 0. The highest BCUT2D eigenvalue weighted by Crippen LogP contribution is 2.31. The van der Waals surface area contributed by atoms with Gasteiger partial charge in [-0.15, -0.1) is 11.3 Å². The number of hydrogen-bond donors (Lipinski definition) is 0. The number of furan rings is 1. The van der Waals surface area contributed by atoms with Crippen LogP contribution in [0.5, 0.6) is 0 Å². The molecule has 0 saturated carbocycles. The van der Waals surface area contributed by atoms with Crippen molar-refractivity contribution in [1.29, 1.82) is 0 Å². The van der Waals surface area contributed by atoms with Gasteiger partial charge in [-0.25, -0.2) is 4.98 Å². The SMILES string of the molecule is c1cc(-c2ccco2)cc(-c2nc(-c3ccncc3)cs2)c1. The summed E-state index contributed by atoms with van der Waals surface area (Å²) >= 11 is 1.64. The first-order valence-electron chi connectivity index (χ1n) is 6.90. The van der Waals surface area contributed by atoms with Crippen molar-refractivity contribution in [3.8, 4) is 33.2 Å². The van der Waals surface area contributed by atoms with E-state index in [1.165, 1.54) is 0 Å². The monoisotopic (exact) mass is 304 g/mol. The zero-order chi connectivity index (χ0) is 14.8. The molecule has 0 aliphatic rings. The second kappa shape index (κ2) is 5.58. The van der Waals surface area contributed by atoms with Gasteiger partial charge in [0.2, 0.25) is 0 Å². The average molecular weight is 304 g/mol. The molecule has 0 N–H and O–H groups in total. The molecule has 4 heteroatoms. The molecule has 0 fully saturated rings. The van der Waals surface area contributed by atoms with Crippen LogP contribution in [-0.2, 0) is 0 Å². The Balaban J connectivity index is 1.71. The van der Waals surface area contributed by atoms with Gasteiger partial charge >= 0.3 is 0 Å². The molecule has 4 aromatic rings. The standard InChI is InChI=1S/C18H12N2OS/c1-3-14(17-5-2-10-21-17)11-15(4-1)18-20-16(12-22-18)13-6-8-19-9-7-13/h1-12H. The molecule has 1 aromatic carbocycles. The quantitative estimate of drug-likeness (QED) is 0.526. The van der Waals surface area contributed by atoms with E-state index in [4.69, 9.17) is 9.40 Å². The van der Waals surface area contributed by atoms with E-state index in [0.717, 1.165) is 33.2 Å². The van der Waals surface area contributed by atoms with Crippen LogP contribution in [-0.4, -0.2) is 9.97 Å². The largest absolute Gasteiger partial charge is 0.464 e. The van der Waals surface area contributed by atoms with E-state index >= 15 is 0 Å². The van der Waals surface area contributed by atoms with Crippen LogP contribution < -0.4 is 0 Å². The highest BCUT2D eigenvalue weighted by atomic mass is 32.1. The molecule has 0 radical (unpaired) electrons. The Labute approximate surface area is 131 Å². The number of pyridine rings is 1. The summed E-state index contributed by atoms with van der Waals surface area (Å²) < 4.78 is 5.46. The van der Waals surface area contributed by atoms with Crippen LogP contribution in [0.15, 0.2) is 77.0 Å². The number of aromatic nitrogens is 2. The van der Waals surface area contributed by atoms with E-state index in [9.17, 15) is 0 Å². The molecule has 3 heterocycles. The van der Waals surface area contributed by atoms with Gasteiger partial charge in [-0.3, -0.25) is 4.98 Å². The van der Waals surface area contributed by atoms with Gasteiger partial charge in [0, 0.05) is 34.5 Å². The van der Waals surface area contributed by atoms with Crippen LogP contribution >= 0.6 is 11.3 Å². The number of hydrogen-bond acceptors (Lipinski definition) is 4. The lowest BCUT2D eigenvalue weighted by atomic mass is 10.1. The van der Waals surface area contributed by atoms with Crippen molar-refractivity contribution in [1.82, 2.24) is 9.97 Å². The lowest BCUT2D eigenvalue weighted by Gasteiger charge is -2.00. The van der Waals surface area contributed by atoms with Crippen LogP contribution in [0.1, 0.15) is 0 Å². The van der Waals surface area contributed by atoms with Gasteiger partial charge in [0.05, 0.1) is 12.0 Å². The zero-order valence-electron chi connectivity index (χ0n) is 11.6. The van der Waals surface area contributed by atoms with E-state index in [2.05, 4.69) is 22.5 Å². The van der Waals surface area contributed by atoms with Gasteiger partial charge in [0.15, 0.2) is 0 Å². The van der Waals surface area contributed by atoms with Crippen molar-refractivity contribution in [2.45, 2.75) is 0 Å². The minimum Gasteiger partial charge on any atom is -0.464 e. The second-order valence-corrected chi connectivity index (χ2v) is 5.69. The highest BCUT2D eigenvalue weighted by molar-refractivity contribution is 7.13. The molecular formula is C18H12N2OS. The molecule has 0 saturated heterocycles. The maximum absolute atomic E-state index is 5.46. The third-order valence-electron chi connectivity index (χ3n) is 3.40. The summed E-state index contributed by atoms with van der Waals surface area (Å²) in [6, 6.07) is 16.0. The molecule has 0 bridgehead atoms. The Bertz CT molecular complexity index is 882. The van der Waals surface area contributed by atoms with Crippen molar-refractivity contribution in [2.75, 3.05) is 0 Å². The van der Waals surface area contributed by atoms with Gasteiger partial charge in [0.25, 0.3) is 0 Å². The van der Waals surface area contributed by atoms with E-state index in [0.29, 0.717) is 0 Å². The number of benzene rings is 1. The molecule has 0 amide bonds. The van der Waals surface area contributed by atoms with E-state index in [1.807, 2.05) is 36.4 Å². The Morgan fingerprint density at radius 3 is 2.55 bits per heavy atom. The summed E-state index contributed by atoms with van der Waals surface area (Å²) in [6.07, 6.45) is 5.25. The number of nitrogens with zero attached hydrogens (tertiary/aromatic N) is 2. The van der Waals surface area contributed by atoms with Gasteiger partial charge in [0.1, 0.15) is 10.8 Å². The van der Waals surface area contributed by atoms with Crippen LogP contribution in [0.4, 0.5) is 0 Å². The summed E-state index contributed by atoms with van der Waals surface area (Å²) in [4.78, 5) is 8.77. The number of rotatable bonds is 3. The van der Waals surface area contributed by atoms with Gasteiger partial charge in [-0.05, 0) is 30.3 Å². The molecule has 106 valence electrons. The van der Waals surface area contributed by atoms with Crippen LogP contribution in [0.3, 0.4) is 0 Å². The molecule has 4 rings (SSSR count). The Hall–Kier alpha value is -2.72. The van der Waals surface area contributed by atoms with Gasteiger partial charge in [-0.1, -0.05) is 18.2 Å². The Kier molecular flexibility index (Phi) is 3.29. The fraction of sp³-hybridized carbons (Fsp3) is 0. The van der Waals surface area contributed by atoms with Crippen molar-refractivity contribution >= 4 is 11.3 Å². The minimum absolute atomic E-state index is 0.868. The first kappa shape index (κ1) is 13.0. The predicted molar refractivity (Wildman–Crippen MR) is 88.5 cm³/mol. The molecular weight excluding hydrogens is 292 g/mol. The molecule has 22 heavy (non-hydrogen) atoms. The van der Waals surface area contributed by atoms with Gasteiger partial charge in [-0.2, -0.15) is 0 Å². The first-order chi connectivity index (χ1) is 10.9. The first-order valence-corrected chi connectivity index (χ1v) is 7.78. The summed E-state index contributed by atoms with van der Waals surface area (Å²) in [7, 11) is 0. The zero-order valence-corrected chi connectivity index (χ0v) is 12.5. The lowest BCUT2D eigenvalue weighted by Crippen LogP contribution is -1.81. The van der Waals surface area contributed by atoms with Crippen molar-refractivity contribution in [3.63, 3.8) is 0 Å². The minimum atomic E-state index is 0.868. The van der Waals surface area contributed by atoms with Crippen LogP contribution in [0, 0.1) is 0 Å². The fourth-order valence-corrected chi connectivity index (χ4v) is 3.14. The van der Waals surface area contributed by atoms with Crippen molar-refractivity contribution in [2.24, 2.45) is 0 Å². The smallest absolute Gasteiger partial charge is 0.133 e. The molecule has 0 aliphatic carbocycles. The molecule has 3 aromatic heterocycles. The normalized spacial score (nSPS) is 10.7. The fourth-order valence-electron chi connectivity index (χ4n) is 2.31. The molecule has 0 atom stereocenters. The average Bonchev–Trinajstić information content (AvgIpc) is 3.28. The number of thiazole rings is 1. The highest BCUT2D eigenvalue weighted by Gasteiger charge is 2.08. The summed E-state index contributed by atoms with van der Waals surface area (Å²) in [5, 5.41) is 3.07. The van der Waals surface area contributed by atoms with Crippen LogP contribution in [0.2, 0.25) is 0 Å². The Morgan fingerprint density at radius 1 is 0.864 bits per heavy atom. The third-order valence-corrected chi connectivity index (χ3v) is 4.29. The molecule has 0 spiro atoms. The van der Waals surface area contributed by atoms with Crippen molar-refractivity contribution in [3.05, 3.63) is 72.6 Å². The van der Waals surface area contributed by atoms with E-state index in [-0.39, 0.29) is 0 Å².